The molecule has 0 aliphatic rings. The van der Waals surface area contributed by atoms with E-state index in [9.17, 15) is 10.1 Å². The van der Waals surface area contributed by atoms with Gasteiger partial charge in [-0.2, -0.15) is 0 Å². The van der Waals surface area contributed by atoms with Gasteiger partial charge >= 0.3 is 0 Å². The number of hydrogen-bond donors (Lipinski definition) is 1. The van der Waals surface area contributed by atoms with Crippen LogP contribution in [0.25, 0.3) is 0 Å². The number of nitrogens with zero attached hydrogens (tertiary/aromatic N) is 1. The van der Waals surface area contributed by atoms with Gasteiger partial charge in [0.15, 0.2) is 0 Å². The summed E-state index contributed by atoms with van der Waals surface area (Å²) in [5.41, 5.74) is 0.861. The second-order valence-electron chi connectivity index (χ2n) is 4.32. The van der Waals surface area contributed by atoms with Gasteiger partial charge in [0.05, 0.1) is 4.92 Å². The Bertz CT molecular complexity index is 423. The van der Waals surface area contributed by atoms with Crippen molar-refractivity contribution in [1.29, 1.82) is 0 Å². The van der Waals surface area contributed by atoms with Crippen LogP contribution in [-0.2, 0) is 0 Å². The van der Waals surface area contributed by atoms with Crippen LogP contribution in [0.15, 0.2) is 18.2 Å². The Kier molecular flexibility index (Phi) is 5.56. The van der Waals surface area contributed by atoms with E-state index in [0.717, 1.165) is 13.0 Å². The molecule has 0 amide bonds. The van der Waals surface area contributed by atoms with Gasteiger partial charge in [-0.1, -0.05) is 25.4 Å². The maximum Gasteiger partial charge on any atom is 0.273 e. The van der Waals surface area contributed by atoms with E-state index in [0.29, 0.717) is 10.6 Å². The number of halogens is 1. The summed E-state index contributed by atoms with van der Waals surface area (Å²) in [4.78, 5) is 10.7. The molecule has 0 aliphatic carbocycles. The van der Waals surface area contributed by atoms with E-state index in [1.165, 1.54) is 6.07 Å². The van der Waals surface area contributed by atoms with Crippen LogP contribution in [0.1, 0.15) is 38.7 Å². The van der Waals surface area contributed by atoms with Gasteiger partial charge in [-0.25, -0.2) is 0 Å². The maximum atomic E-state index is 11.1. The van der Waals surface area contributed by atoms with E-state index < -0.39 is 0 Å². The summed E-state index contributed by atoms with van der Waals surface area (Å²) >= 11 is 5.96. The molecule has 0 fully saturated rings. The van der Waals surface area contributed by atoms with Gasteiger partial charge in [0.1, 0.15) is 0 Å². The summed E-state index contributed by atoms with van der Waals surface area (Å²) in [5.74, 6) is 0.0871. The Morgan fingerprint density at radius 2 is 2.11 bits per heavy atom. The average molecular weight is 271 g/mol. The molecule has 0 heterocycles. The lowest BCUT2D eigenvalue weighted by atomic mass is 9.89. The van der Waals surface area contributed by atoms with Crippen LogP contribution in [0, 0.1) is 10.1 Å². The SMILES string of the molecule is CCNC(C)C(CC)c1cc(Cl)ccc1[N+](=O)[O-]. The Morgan fingerprint density at radius 1 is 1.44 bits per heavy atom. The van der Waals surface area contributed by atoms with E-state index in [-0.39, 0.29) is 22.6 Å². The lowest BCUT2D eigenvalue weighted by Gasteiger charge is -2.23. The fourth-order valence-corrected chi connectivity index (χ4v) is 2.48. The molecule has 18 heavy (non-hydrogen) atoms. The number of nitro groups is 1. The minimum atomic E-state index is -0.340. The van der Waals surface area contributed by atoms with Gasteiger partial charge in [0.25, 0.3) is 5.69 Å². The van der Waals surface area contributed by atoms with Gasteiger partial charge in [-0.3, -0.25) is 10.1 Å². The molecular weight excluding hydrogens is 252 g/mol. The molecule has 1 rings (SSSR count). The van der Waals surface area contributed by atoms with Crippen LogP contribution >= 0.6 is 11.6 Å². The summed E-state index contributed by atoms with van der Waals surface area (Å²) in [5, 5.41) is 14.9. The molecular formula is C13H19ClN2O2. The number of likely N-dealkylation sites (N-methyl/N-ethyl adjacent to an activating group) is 1. The zero-order chi connectivity index (χ0) is 13.7. The summed E-state index contributed by atoms with van der Waals surface area (Å²) in [6.45, 7) is 6.94. The molecule has 1 aromatic rings. The van der Waals surface area contributed by atoms with E-state index in [1.54, 1.807) is 12.1 Å². The molecule has 100 valence electrons. The molecule has 0 bridgehead atoms. The minimum Gasteiger partial charge on any atom is -0.314 e. The standard InChI is InChI=1S/C13H19ClN2O2/c1-4-11(9(3)15-5-2)12-8-10(14)6-7-13(12)16(17)18/h6-9,11,15H,4-5H2,1-3H3. The number of rotatable bonds is 6. The topological polar surface area (TPSA) is 55.2 Å². The zero-order valence-electron chi connectivity index (χ0n) is 10.9. The van der Waals surface area contributed by atoms with Crippen molar-refractivity contribution in [2.45, 2.75) is 39.2 Å². The van der Waals surface area contributed by atoms with Gasteiger partial charge in [-0.15, -0.1) is 0 Å². The van der Waals surface area contributed by atoms with E-state index >= 15 is 0 Å². The van der Waals surface area contributed by atoms with Crippen molar-refractivity contribution in [2.75, 3.05) is 6.54 Å². The van der Waals surface area contributed by atoms with Crippen molar-refractivity contribution in [3.8, 4) is 0 Å². The third kappa shape index (κ3) is 3.43. The first-order chi connectivity index (χ1) is 8.51. The van der Waals surface area contributed by atoms with Crippen LogP contribution < -0.4 is 5.32 Å². The van der Waals surface area contributed by atoms with E-state index in [1.807, 2.05) is 20.8 Å². The lowest BCUT2D eigenvalue weighted by Crippen LogP contribution is -2.32. The monoisotopic (exact) mass is 270 g/mol. The number of nitro benzene ring substituents is 1. The summed E-state index contributed by atoms with van der Waals surface area (Å²) in [7, 11) is 0. The summed E-state index contributed by atoms with van der Waals surface area (Å²) in [6.07, 6.45) is 0.829. The largest absolute Gasteiger partial charge is 0.314 e. The number of hydrogen-bond acceptors (Lipinski definition) is 3. The molecule has 0 aromatic heterocycles. The highest BCUT2D eigenvalue weighted by Gasteiger charge is 2.25. The van der Waals surface area contributed by atoms with Crippen LogP contribution in [0.5, 0.6) is 0 Å². The first-order valence-electron chi connectivity index (χ1n) is 6.18. The molecule has 0 spiro atoms. The summed E-state index contributed by atoms with van der Waals surface area (Å²) in [6, 6.07) is 4.94. The third-order valence-corrected chi connectivity index (χ3v) is 3.39. The fourth-order valence-electron chi connectivity index (χ4n) is 2.30. The van der Waals surface area contributed by atoms with Crippen LogP contribution in [0.4, 0.5) is 5.69 Å². The Balaban J connectivity index is 3.18. The lowest BCUT2D eigenvalue weighted by molar-refractivity contribution is -0.385. The smallest absolute Gasteiger partial charge is 0.273 e. The molecule has 2 atom stereocenters. The van der Waals surface area contributed by atoms with Crippen molar-refractivity contribution >= 4 is 17.3 Å². The van der Waals surface area contributed by atoms with Crippen molar-refractivity contribution in [1.82, 2.24) is 5.32 Å². The van der Waals surface area contributed by atoms with Crippen molar-refractivity contribution in [2.24, 2.45) is 0 Å². The Morgan fingerprint density at radius 3 is 2.61 bits per heavy atom. The maximum absolute atomic E-state index is 11.1. The molecule has 5 heteroatoms. The van der Waals surface area contributed by atoms with Gasteiger partial charge in [-0.05, 0) is 32.0 Å². The van der Waals surface area contributed by atoms with Crippen molar-refractivity contribution in [3.63, 3.8) is 0 Å². The second-order valence-corrected chi connectivity index (χ2v) is 4.76. The molecule has 4 nitrogen and oxygen atoms in total. The first kappa shape index (κ1) is 14.9. The quantitative estimate of drug-likeness (QED) is 0.633. The third-order valence-electron chi connectivity index (χ3n) is 3.16. The predicted octanol–water partition coefficient (Wildman–Crippen LogP) is 3.74. The fraction of sp³-hybridized carbons (Fsp3) is 0.538. The van der Waals surface area contributed by atoms with Crippen molar-refractivity contribution in [3.05, 3.63) is 38.9 Å². The minimum absolute atomic E-state index is 0.0871. The molecule has 0 saturated carbocycles. The van der Waals surface area contributed by atoms with Crippen molar-refractivity contribution < 1.29 is 4.92 Å². The van der Waals surface area contributed by atoms with Gasteiger partial charge in [0, 0.05) is 28.6 Å². The summed E-state index contributed by atoms with van der Waals surface area (Å²) < 4.78 is 0. The van der Waals surface area contributed by atoms with E-state index in [2.05, 4.69) is 5.32 Å². The highest BCUT2D eigenvalue weighted by Crippen LogP contribution is 2.33. The van der Waals surface area contributed by atoms with Crippen LogP contribution in [0.3, 0.4) is 0 Å². The molecule has 1 aromatic carbocycles. The predicted molar refractivity (Wildman–Crippen MR) is 74.3 cm³/mol. The molecule has 0 aliphatic heterocycles. The molecule has 1 N–H and O–H groups in total. The van der Waals surface area contributed by atoms with Crippen LogP contribution in [-0.4, -0.2) is 17.5 Å². The molecule has 0 radical (unpaired) electrons. The highest BCUT2D eigenvalue weighted by molar-refractivity contribution is 6.30. The number of nitrogens with one attached hydrogen (secondary N) is 1. The molecule has 2 unspecified atom stereocenters. The van der Waals surface area contributed by atoms with Gasteiger partial charge in [0.2, 0.25) is 0 Å². The normalized spacial score (nSPS) is 14.2. The Hall–Kier alpha value is -1.13. The second kappa shape index (κ2) is 6.71. The van der Waals surface area contributed by atoms with Crippen LogP contribution in [0.2, 0.25) is 5.02 Å². The van der Waals surface area contributed by atoms with E-state index in [4.69, 9.17) is 11.6 Å². The highest BCUT2D eigenvalue weighted by atomic mass is 35.5. The average Bonchev–Trinajstić information content (AvgIpc) is 2.30. The van der Waals surface area contributed by atoms with Gasteiger partial charge < -0.3 is 5.32 Å². The Labute approximate surface area is 112 Å². The zero-order valence-corrected chi connectivity index (χ0v) is 11.7. The molecule has 0 saturated heterocycles. The number of benzene rings is 1. The first-order valence-corrected chi connectivity index (χ1v) is 6.56.